The molecule has 6 heteroatoms. The molecule has 5 nitrogen and oxygen atoms in total. The van der Waals surface area contributed by atoms with Crippen molar-refractivity contribution in [2.24, 2.45) is 0 Å². The first-order chi connectivity index (χ1) is 13.5. The third-order valence-electron chi connectivity index (χ3n) is 5.29. The zero-order valence-corrected chi connectivity index (χ0v) is 14.9. The molecule has 0 saturated heterocycles. The lowest BCUT2D eigenvalue weighted by Crippen LogP contribution is -2.41. The molecule has 2 N–H and O–H groups in total. The molecule has 1 heterocycles. The summed E-state index contributed by atoms with van der Waals surface area (Å²) in [5.41, 5.74) is 2.20. The summed E-state index contributed by atoms with van der Waals surface area (Å²) in [7, 11) is 0. The van der Waals surface area contributed by atoms with E-state index in [1.54, 1.807) is 35.2 Å². The van der Waals surface area contributed by atoms with Crippen molar-refractivity contribution in [2.45, 2.75) is 24.9 Å². The molecule has 0 bridgehead atoms. The number of nitrogens with zero attached hydrogens (tertiary/aromatic N) is 1. The standard InChI is InChI=1S/C22H18FNO4/c23-15-9-8-13-4-3-5-14(17(13)10-15)12-24-19-7-2-1-6-16(19)18(11-20(25)26)21(24)22(27)28/h1-10,18,21H,11-12H2,(H,25,26)(H,27,28). The van der Waals surface area contributed by atoms with Crippen LogP contribution in [0, 0.1) is 5.82 Å². The molecule has 3 aromatic carbocycles. The Labute approximate surface area is 160 Å². The molecule has 0 amide bonds. The maximum absolute atomic E-state index is 13.8. The third kappa shape index (κ3) is 3.07. The summed E-state index contributed by atoms with van der Waals surface area (Å²) in [5, 5.41) is 20.7. The number of para-hydroxylation sites is 1. The van der Waals surface area contributed by atoms with Gasteiger partial charge in [0.05, 0.1) is 6.42 Å². The topological polar surface area (TPSA) is 77.8 Å². The molecule has 0 spiro atoms. The maximum atomic E-state index is 13.8. The molecule has 1 aliphatic heterocycles. The van der Waals surface area contributed by atoms with Crippen LogP contribution in [0.3, 0.4) is 0 Å². The van der Waals surface area contributed by atoms with Crippen molar-refractivity contribution in [2.75, 3.05) is 4.90 Å². The quantitative estimate of drug-likeness (QED) is 0.700. The van der Waals surface area contributed by atoms with Crippen molar-refractivity contribution in [1.29, 1.82) is 0 Å². The summed E-state index contributed by atoms with van der Waals surface area (Å²) in [6.07, 6.45) is -0.269. The second-order valence-corrected chi connectivity index (χ2v) is 6.96. The van der Waals surface area contributed by atoms with Crippen LogP contribution in [0.15, 0.2) is 60.7 Å². The Morgan fingerprint density at radius 2 is 1.79 bits per heavy atom. The Morgan fingerprint density at radius 1 is 1.00 bits per heavy atom. The molecule has 1 aliphatic rings. The number of halogens is 1. The van der Waals surface area contributed by atoms with Gasteiger partial charge in [-0.1, -0.05) is 42.5 Å². The van der Waals surface area contributed by atoms with Crippen molar-refractivity contribution in [1.82, 2.24) is 0 Å². The van der Waals surface area contributed by atoms with Crippen molar-refractivity contribution < 1.29 is 24.2 Å². The Bertz CT molecular complexity index is 1080. The zero-order valence-electron chi connectivity index (χ0n) is 14.9. The fourth-order valence-electron chi connectivity index (χ4n) is 4.13. The van der Waals surface area contributed by atoms with Crippen molar-refractivity contribution in [3.8, 4) is 0 Å². The lowest BCUT2D eigenvalue weighted by Gasteiger charge is -2.27. The van der Waals surface area contributed by atoms with Gasteiger partial charge in [-0.15, -0.1) is 0 Å². The molecule has 0 aliphatic carbocycles. The second kappa shape index (κ2) is 6.96. The van der Waals surface area contributed by atoms with Gasteiger partial charge in [-0.2, -0.15) is 0 Å². The molecular formula is C22H18FNO4. The van der Waals surface area contributed by atoms with E-state index in [0.29, 0.717) is 16.6 Å². The first-order valence-corrected chi connectivity index (χ1v) is 8.93. The Kier molecular flexibility index (Phi) is 4.47. The summed E-state index contributed by atoms with van der Waals surface area (Å²) in [5.74, 6) is -3.13. The van der Waals surface area contributed by atoms with E-state index in [1.807, 2.05) is 18.2 Å². The molecule has 142 valence electrons. The normalized spacial score (nSPS) is 18.2. The largest absolute Gasteiger partial charge is 0.481 e. The second-order valence-electron chi connectivity index (χ2n) is 6.96. The molecule has 28 heavy (non-hydrogen) atoms. The zero-order chi connectivity index (χ0) is 19.8. The van der Waals surface area contributed by atoms with Crippen LogP contribution in [-0.2, 0) is 16.1 Å². The van der Waals surface area contributed by atoms with E-state index in [2.05, 4.69) is 0 Å². The van der Waals surface area contributed by atoms with E-state index < -0.39 is 23.9 Å². The Balaban J connectivity index is 1.81. The number of rotatable bonds is 5. The van der Waals surface area contributed by atoms with E-state index in [-0.39, 0.29) is 18.8 Å². The minimum atomic E-state index is -1.08. The number of hydrogen-bond acceptors (Lipinski definition) is 3. The minimum absolute atomic E-state index is 0.241. The van der Waals surface area contributed by atoms with Crippen LogP contribution < -0.4 is 4.90 Å². The van der Waals surface area contributed by atoms with E-state index in [9.17, 15) is 24.2 Å². The highest BCUT2D eigenvalue weighted by Gasteiger charge is 2.43. The summed E-state index contributed by atoms with van der Waals surface area (Å²) in [6, 6.07) is 16.2. The van der Waals surface area contributed by atoms with Crippen LogP contribution >= 0.6 is 0 Å². The van der Waals surface area contributed by atoms with E-state index in [0.717, 1.165) is 10.9 Å². The summed E-state index contributed by atoms with van der Waals surface area (Å²) < 4.78 is 13.8. The first kappa shape index (κ1) is 18.0. The fourth-order valence-corrected chi connectivity index (χ4v) is 4.13. The lowest BCUT2D eigenvalue weighted by molar-refractivity contribution is -0.140. The number of carbonyl (C=O) groups is 2. The van der Waals surface area contributed by atoms with Gasteiger partial charge in [-0.25, -0.2) is 9.18 Å². The number of carboxylic acid groups (broad SMARTS) is 2. The Hall–Kier alpha value is -3.41. The predicted octanol–water partition coefficient (Wildman–Crippen LogP) is 4.01. The van der Waals surface area contributed by atoms with E-state index >= 15 is 0 Å². The minimum Gasteiger partial charge on any atom is -0.481 e. The van der Waals surface area contributed by atoms with Gasteiger partial charge in [-0.05, 0) is 40.1 Å². The third-order valence-corrected chi connectivity index (χ3v) is 5.29. The molecule has 2 atom stereocenters. The molecule has 0 radical (unpaired) electrons. The number of aliphatic carboxylic acids is 2. The highest BCUT2D eigenvalue weighted by atomic mass is 19.1. The number of fused-ring (bicyclic) bond motifs is 2. The van der Waals surface area contributed by atoms with E-state index in [1.165, 1.54) is 12.1 Å². The monoisotopic (exact) mass is 379 g/mol. The fraction of sp³-hybridized carbons (Fsp3) is 0.182. The molecule has 3 aromatic rings. The van der Waals surface area contributed by atoms with Gasteiger partial charge in [0.2, 0.25) is 0 Å². The first-order valence-electron chi connectivity index (χ1n) is 8.93. The molecule has 0 aromatic heterocycles. The molecular weight excluding hydrogens is 361 g/mol. The molecule has 4 rings (SSSR count). The molecule has 2 unspecified atom stereocenters. The maximum Gasteiger partial charge on any atom is 0.327 e. The number of carboxylic acids is 2. The lowest BCUT2D eigenvalue weighted by atomic mass is 9.91. The molecule has 0 saturated carbocycles. The van der Waals surface area contributed by atoms with Crippen LogP contribution in [0.25, 0.3) is 10.8 Å². The van der Waals surface area contributed by atoms with Crippen LogP contribution in [0.4, 0.5) is 10.1 Å². The highest BCUT2D eigenvalue weighted by Crippen LogP contribution is 2.44. The van der Waals surface area contributed by atoms with Crippen LogP contribution in [0.5, 0.6) is 0 Å². The van der Waals surface area contributed by atoms with Crippen LogP contribution in [0.1, 0.15) is 23.5 Å². The van der Waals surface area contributed by atoms with Gasteiger partial charge < -0.3 is 15.1 Å². The predicted molar refractivity (Wildman–Crippen MR) is 103 cm³/mol. The number of anilines is 1. The van der Waals surface area contributed by atoms with Crippen molar-refractivity contribution in [3.05, 3.63) is 77.6 Å². The van der Waals surface area contributed by atoms with Crippen molar-refractivity contribution >= 4 is 28.4 Å². The van der Waals surface area contributed by atoms with Gasteiger partial charge in [0, 0.05) is 18.2 Å². The summed E-state index contributed by atoms with van der Waals surface area (Å²) >= 11 is 0. The van der Waals surface area contributed by atoms with Crippen LogP contribution in [0.2, 0.25) is 0 Å². The number of hydrogen-bond donors (Lipinski definition) is 2. The smallest absolute Gasteiger partial charge is 0.327 e. The molecule has 0 fully saturated rings. The van der Waals surface area contributed by atoms with Gasteiger partial charge in [0.25, 0.3) is 0 Å². The SMILES string of the molecule is O=C(O)CC1c2ccccc2N(Cc2cccc3ccc(F)cc23)C1C(=O)O. The average Bonchev–Trinajstić information content (AvgIpc) is 2.95. The van der Waals surface area contributed by atoms with Crippen LogP contribution in [-0.4, -0.2) is 28.2 Å². The van der Waals surface area contributed by atoms with Crippen molar-refractivity contribution in [3.63, 3.8) is 0 Å². The highest BCUT2D eigenvalue weighted by molar-refractivity contribution is 5.88. The Morgan fingerprint density at radius 3 is 2.54 bits per heavy atom. The van der Waals surface area contributed by atoms with Gasteiger partial charge in [-0.3, -0.25) is 4.79 Å². The van der Waals surface area contributed by atoms with Gasteiger partial charge in [0.1, 0.15) is 11.9 Å². The average molecular weight is 379 g/mol. The van der Waals surface area contributed by atoms with Gasteiger partial charge >= 0.3 is 11.9 Å². The van der Waals surface area contributed by atoms with Gasteiger partial charge in [0.15, 0.2) is 0 Å². The summed E-state index contributed by atoms with van der Waals surface area (Å²) in [4.78, 5) is 25.2. The summed E-state index contributed by atoms with van der Waals surface area (Å²) in [6.45, 7) is 0.241. The number of benzene rings is 3. The van der Waals surface area contributed by atoms with E-state index in [4.69, 9.17) is 0 Å².